The van der Waals surface area contributed by atoms with Crippen molar-refractivity contribution in [3.05, 3.63) is 30.0 Å². The Kier molecular flexibility index (Phi) is 15.3. The summed E-state index contributed by atoms with van der Waals surface area (Å²) in [7, 11) is 0. The zero-order chi connectivity index (χ0) is 26.7. The molecule has 6 nitrogen and oxygen atoms in total. The number of aromatic hydroxyl groups is 1. The number of phenols is 1. The maximum Gasteiger partial charge on any atom is 0.185 e. The molecule has 0 radical (unpaired) electrons. The molecule has 2 unspecified atom stereocenters. The molecular weight excluding hydrogens is 458 g/mol. The number of guanidine groups is 1. The molecular formula is C31H51N5O. The number of phenolic OH excluding ortho intramolecular Hbond substituents is 1. The number of fused-ring (bicyclic) bond motifs is 1. The SMILES string of the molecule is CCCCCCCCCCCCCCCCC(CCc1c[nH]c2ccc(O)cc12)C(C#N)CN=C(N)N. The first-order valence-electron chi connectivity index (χ1n) is 14.8. The Morgan fingerprint density at radius 3 is 2.08 bits per heavy atom. The standard InChI is InChI=1S/C31H51N5O/c1-2-3-4-5-6-7-8-9-10-11-12-13-14-15-16-25(27(22-32)24-36-31(33)34)17-18-26-23-35-30-20-19-28(37)21-29(26)30/h19-21,23,25,27,35,37H,2-18,24H2,1H3,(H4,33,34,36). The highest BCUT2D eigenvalue weighted by Crippen LogP contribution is 2.29. The third-order valence-electron chi connectivity index (χ3n) is 7.67. The van der Waals surface area contributed by atoms with Crippen molar-refractivity contribution in [2.75, 3.05) is 6.54 Å². The molecule has 37 heavy (non-hydrogen) atoms. The molecule has 1 heterocycles. The monoisotopic (exact) mass is 509 g/mol. The summed E-state index contributed by atoms with van der Waals surface area (Å²) < 4.78 is 0. The van der Waals surface area contributed by atoms with Crippen LogP contribution in [0.4, 0.5) is 0 Å². The first-order chi connectivity index (χ1) is 18.0. The van der Waals surface area contributed by atoms with Gasteiger partial charge in [-0.1, -0.05) is 96.8 Å². The number of H-pyrrole nitrogens is 1. The van der Waals surface area contributed by atoms with Crippen LogP contribution in [0.5, 0.6) is 5.75 Å². The number of aromatic nitrogens is 1. The summed E-state index contributed by atoms with van der Waals surface area (Å²) in [6, 6.07) is 7.87. The van der Waals surface area contributed by atoms with Gasteiger partial charge in [-0.3, -0.25) is 4.99 Å². The van der Waals surface area contributed by atoms with E-state index >= 15 is 0 Å². The predicted octanol–water partition coefficient (Wildman–Crippen LogP) is 7.71. The van der Waals surface area contributed by atoms with E-state index < -0.39 is 0 Å². The van der Waals surface area contributed by atoms with Crippen molar-refractivity contribution in [1.29, 1.82) is 5.26 Å². The molecule has 6 N–H and O–H groups in total. The van der Waals surface area contributed by atoms with Crippen LogP contribution in [0.25, 0.3) is 10.9 Å². The number of aromatic amines is 1. The second-order valence-corrected chi connectivity index (χ2v) is 10.7. The molecule has 0 aliphatic rings. The van der Waals surface area contributed by atoms with Gasteiger partial charge in [-0.15, -0.1) is 0 Å². The average Bonchev–Trinajstić information content (AvgIpc) is 3.28. The number of rotatable bonds is 21. The van der Waals surface area contributed by atoms with Crippen LogP contribution in [-0.4, -0.2) is 22.6 Å². The lowest BCUT2D eigenvalue weighted by molar-refractivity contribution is 0.344. The Bertz CT molecular complexity index is 941. The van der Waals surface area contributed by atoms with Gasteiger partial charge in [0.1, 0.15) is 5.75 Å². The minimum absolute atomic E-state index is 0.0441. The number of nitrogens with two attached hydrogens (primary N) is 2. The van der Waals surface area contributed by atoms with Crippen molar-refractivity contribution in [3.8, 4) is 11.8 Å². The van der Waals surface area contributed by atoms with E-state index in [4.69, 9.17) is 11.5 Å². The molecule has 0 fully saturated rings. The highest BCUT2D eigenvalue weighted by Gasteiger charge is 2.21. The Morgan fingerprint density at radius 1 is 0.919 bits per heavy atom. The molecule has 0 bridgehead atoms. The summed E-state index contributed by atoms with van der Waals surface area (Å²) in [6.45, 7) is 2.63. The topological polar surface area (TPSA) is 124 Å². The van der Waals surface area contributed by atoms with Gasteiger partial charge in [0, 0.05) is 17.1 Å². The molecule has 2 rings (SSSR count). The van der Waals surface area contributed by atoms with Crippen molar-refractivity contribution >= 4 is 16.9 Å². The molecule has 2 atom stereocenters. The Balaban J connectivity index is 1.71. The van der Waals surface area contributed by atoms with Gasteiger partial charge in [-0.05, 0) is 48.9 Å². The zero-order valence-corrected chi connectivity index (χ0v) is 23.2. The van der Waals surface area contributed by atoms with Gasteiger partial charge in [0.2, 0.25) is 0 Å². The molecule has 6 heteroatoms. The predicted molar refractivity (Wildman–Crippen MR) is 156 cm³/mol. The van der Waals surface area contributed by atoms with E-state index in [1.165, 1.54) is 89.0 Å². The number of unbranched alkanes of at least 4 members (excludes halogenated alkanes) is 13. The number of benzene rings is 1. The molecule has 0 saturated heterocycles. The lowest BCUT2D eigenvalue weighted by atomic mass is 9.84. The van der Waals surface area contributed by atoms with Crippen LogP contribution in [0.2, 0.25) is 0 Å². The Hall–Kier alpha value is -2.68. The fraction of sp³-hybridized carbons (Fsp3) is 0.677. The summed E-state index contributed by atoms with van der Waals surface area (Å²) in [4.78, 5) is 7.44. The molecule has 0 spiro atoms. The first-order valence-corrected chi connectivity index (χ1v) is 14.8. The van der Waals surface area contributed by atoms with Gasteiger partial charge in [-0.25, -0.2) is 0 Å². The van der Waals surface area contributed by atoms with E-state index in [1.807, 2.05) is 18.3 Å². The first kappa shape index (κ1) is 30.5. The van der Waals surface area contributed by atoms with Crippen LogP contribution >= 0.6 is 0 Å². The molecule has 206 valence electrons. The molecule has 0 aliphatic carbocycles. The van der Waals surface area contributed by atoms with Gasteiger partial charge in [0.25, 0.3) is 0 Å². The quantitative estimate of drug-likeness (QED) is 0.0781. The van der Waals surface area contributed by atoms with Crippen molar-refractivity contribution in [2.45, 2.75) is 116 Å². The van der Waals surface area contributed by atoms with Crippen LogP contribution in [-0.2, 0) is 6.42 Å². The summed E-state index contributed by atoms with van der Waals surface area (Å²) in [5.41, 5.74) is 13.3. The number of aryl methyl sites for hydroxylation is 1. The Labute approximate surface area is 224 Å². The van der Waals surface area contributed by atoms with Crippen LogP contribution in [0.3, 0.4) is 0 Å². The molecule has 0 aliphatic heterocycles. The number of hydrogen-bond acceptors (Lipinski definition) is 3. The van der Waals surface area contributed by atoms with Crippen molar-refractivity contribution in [2.24, 2.45) is 28.3 Å². The largest absolute Gasteiger partial charge is 0.508 e. The van der Waals surface area contributed by atoms with E-state index in [-0.39, 0.29) is 23.5 Å². The van der Waals surface area contributed by atoms with Gasteiger partial charge >= 0.3 is 0 Å². The summed E-state index contributed by atoms with van der Waals surface area (Å²) >= 11 is 0. The molecule has 1 aromatic carbocycles. The number of nitrogens with one attached hydrogen (secondary N) is 1. The number of aliphatic imine (C=N–C) groups is 1. The second-order valence-electron chi connectivity index (χ2n) is 10.7. The highest BCUT2D eigenvalue weighted by molar-refractivity contribution is 5.84. The average molecular weight is 510 g/mol. The molecule has 2 aromatic rings. The van der Waals surface area contributed by atoms with Crippen molar-refractivity contribution in [1.82, 2.24) is 4.98 Å². The van der Waals surface area contributed by atoms with Crippen molar-refractivity contribution in [3.63, 3.8) is 0 Å². The second kappa shape index (κ2) is 18.5. The lowest BCUT2D eigenvalue weighted by Crippen LogP contribution is -2.25. The van der Waals surface area contributed by atoms with E-state index in [9.17, 15) is 10.4 Å². The summed E-state index contributed by atoms with van der Waals surface area (Å²) in [5.74, 6) is 0.368. The van der Waals surface area contributed by atoms with Crippen LogP contribution in [0.1, 0.15) is 115 Å². The third-order valence-corrected chi connectivity index (χ3v) is 7.67. The normalized spacial score (nSPS) is 12.9. The van der Waals surface area contributed by atoms with Gasteiger partial charge in [0.15, 0.2) is 5.96 Å². The molecule has 0 amide bonds. The number of hydrogen-bond donors (Lipinski definition) is 4. The van der Waals surface area contributed by atoms with E-state index in [0.29, 0.717) is 6.54 Å². The van der Waals surface area contributed by atoms with Gasteiger partial charge in [0.05, 0.1) is 18.5 Å². The van der Waals surface area contributed by atoms with E-state index in [1.54, 1.807) is 6.07 Å². The fourth-order valence-corrected chi connectivity index (χ4v) is 5.36. The van der Waals surface area contributed by atoms with E-state index in [0.717, 1.165) is 36.6 Å². The molecule has 1 aromatic heterocycles. The van der Waals surface area contributed by atoms with Gasteiger partial charge < -0.3 is 21.6 Å². The minimum atomic E-state index is -0.192. The summed E-state index contributed by atoms with van der Waals surface area (Å²) in [6.07, 6.45) is 23.6. The van der Waals surface area contributed by atoms with Crippen molar-refractivity contribution < 1.29 is 5.11 Å². The lowest BCUT2D eigenvalue weighted by Gasteiger charge is -2.21. The minimum Gasteiger partial charge on any atom is -0.508 e. The fourth-order valence-electron chi connectivity index (χ4n) is 5.36. The maximum atomic E-state index is 9.90. The third kappa shape index (κ3) is 12.4. The number of nitriles is 1. The summed E-state index contributed by atoms with van der Waals surface area (Å²) in [5, 5.41) is 20.8. The number of nitrogens with zero attached hydrogens (tertiary/aromatic N) is 2. The van der Waals surface area contributed by atoms with Crippen LogP contribution in [0, 0.1) is 23.2 Å². The van der Waals surface area contributed by atoms with E-state index in [2.05, 4.69) is 23.0 Å². The maximum absolute atomic E-state index is 9.90. The van der Waals surface area contributed by atoms with Crippen LogP contribution < -0.4 is 11.5 Å². The molecule has 0 saturated carbocycles. The smallest absolute Gasteiger partial charge is 0.185 e. The van der Waals surface area contributed by atoms with Gasteiger partial charge in [-0.2, -0.15) is 5.26 Å². The Morgan fingerprint density at radius 2 is 1.51 bits per heavy atom. The zero-order valence-electron chi connectivity index (χ0n) is 23.2. The van der Waals surface area contributed by atoms with Crippen LogP contribution in [0.15, 0.2) is 29.4 Å². The highest BCUT2D eigenvalue weighted by atomic mass is 16.3.